The highest BCUT2D eigenvalue weighted by Gasteiger charge is 2.14. The molecule has 1 aromatic carbocycles. The van der Waals surface area contributed by atoms with Crippen LogP contribution in [-0.2, 0) is 5.75 Å². The zero-order valence-corrected chi connectivity index (χ0v) is 13.6. The molecule has 23 heavy (non-hydrogen) atoms. The SMILES string of the molecule is Cc1nc(NC(CO)CSCc2ccccc2)ccc1[N+](=O)[O-]. The zero-order chi connectivity index (χ0) is 16.7. The molecule has 2 N–H and O–H groups in total. The van der Waals surface area contributed by atoms with Gasteiger partial charge in [-0.15, -0.1) is 0 Å². The predicted octanol–water partition coefficient (Wildman–Crippen LogP) is 3.00. The first-order valence-electron chi connectivity index (χ1n) is 7.21. The summed E-state index contributed by atoms with van der Waals surface area (Å²) in [5, 5.41) is 23.4. The minimum absolute atomic E-state index is 0.00505. The Morgan fingerprint density at radius 2 is 2.04 bits per heavy atom. The van der Waals surface area contributed by atoms with E-state index in [0.29, 0.717) is 17.3 Å². The van der Waals surface area contributed by atoms with Gasteiger partial charge < -0.3 is 10.4 Å². The normalized spacial score (nSPS) is 11.9. The summed E-state index contributed by atoms with van der Waals surface area (Å²) in [6.45, 7) is 1.57. The molecule has 0 aliphatic rings. The number of hydrogen-bond acceptors (Lipinski definition) is 6. The fraction of sp³-hybridized carbons (Fsp3) is 0.312. The number of rotatable bonds is 8. The maximum absolute atomic E-state index is 10.8. The van der Waals surface area contributed by atoms with Crippen molar-refractivity contribution in [3.63, 3.8) is 0 Å². The Bertz CT molecular complexity index is 652. The Labute approximate surface area is 139 Å². The summed E-state index contributed by atoms with van der Waals surface area (Å²) in [4.78, 5) is 14.5. The molecule has 0 spiro atoms. The second kappa shape index (κ2) is 8.50. The summed E-state index contributed by atoms with van der Waals surface area (Å²) in [5.41, 5.74) is 1.58. The van der Waals surface area contributed by atoms with Gasteiger partial charge in [-0.3, -0.25) is 10.1 Å². The summed E-state index contributed by atoms with van der Waals surface area (Å²) < 4.78 is 0. The minimum Gasteiger partial charge on any atom is -0.394 e. The maximum atomic E-state index is 10.8. The molecule has 0 saturated carbocycles. The number of nitrogens with zero attached hydrogens (tertiary/aromatic N) is 2. The third-order valence-electron chi connectivity index (χ3n) is 3.26. The summed E-state index contributed by atoms with van der Waals surface area (Å²) in [6.07, 6.45) is 0. The van der Waals surface area contributed by atoms with Crippen LogP contribution in [0.2, 0.25) is 0 Å². The third kappa shape index (κ3) is 5.22. The summed E-state index contributed by atoms with van der Waals surface area (Å²) in [7, 11) is 0. The highest BCUT2D eigenvalue weighted by molar-refractivity contribution is 7.98. The lowest BCUT2D eigenvalue weighted by atomic mass is 10.2. The molecule has 0 saturated heterocycles. The quantitative estimate of drug-likeness (QED) is 0.570. The molecule has 2 aromatic rings. The molecule has 2 rings (SSSR count). The van der Waals surface area contributed by atoms with Crippen molar-refractivity contribution in [1.29, 1.82) is 0 Å². The van der Waals surface area contributed by atoms with Crippen molar-refractivity contribution in [3.05, 3.63) is 63.8 Å². The first kappa shape index (κ1) is 17.2. The van der Waals surface area contributed by atoms with Gasteiger partial charge in [0.05, 0.1) is 17.6 Å². The second-order valence-electron chi connectivity index (χ2n) is 5.08. The monoisotopic (exact) mass is 333 g/mol. The van der Waals surface area contributed by atoms with Gasteiger partial charge in [0.25, 0.3) is 5.69 Å². The topological polar surface area (TPSA) is 88.3 Å². The number of aliphatic hydroxyl groups is 1. The van der Waals surface area contributed by atoms with Gasteiger partial charge in [0, 0.05) is 17.6 Å². The molecule has 0 aliphatic carbocycles. The van der Waals surface area contributed by atoms with Gasteiger partial charge >= 0.3 is 0 Å². The van der Waals surface area contributed by atoms with Crippen LogP contribution in [0.5, 0.6) is 0 Å². The number of aliphatic hydroxyl groups excluding tert-OH is 1. The first-order valence-corrected chi connectivity index (χ1v) is 8.36. The van der Waals surface area contributed by atoms with Gasteiger partial charge in [-0.05, 0) is 18.6 Å². The molecule has 1 unspecified atom stereocenters. The molecule has 6 nitrogen and oxygen atoms in total. The number of nitro groups is 1. The Balaban J connectivity index is 1.89. The van der Waals surface area contributed by atoms with E-state index in [4.69, 9.17) is 0 Å². The summed E-state index contributed by atoms with van der Waals surface area (Å²) in [6, 6.07) is 13.0. The van der Waals surface area contributed by atoms with Crippen molar-refractivity contribution in [1.82, 2.24) is 4.98 Å². The van der Waals surface area contributed by atoms with Crippen LogP contribution in [0.4, 0.5) is 11.5 Å². The Morgan fingerprint density at radius 1 is 1.30 bits per heavy atom. The molecule has 0 fully saturated rings. The molecule has 1 atom stereocenters. The molecule has 0 radical (unpaired) electrons. The van der Waals surface area contributed by atoms with Gasteiger partial charge in [-0.25, -0.2) is 4.98 Å². The summed E-state index contributed by atoms with van der Waals surface area (Å²) >= 11 is 1.71. The van der Waals surface area contributed by atoms with Gasteiger partial charge in [0.15, 0.2) is 0 Å². The molecule has 1 heterocycles. The van der Waals surface area contributed by atoms with Crippen LogP contribution in [0.15, 0.2) is 42.5 Å². The van der Waals surface area contributed by atoms with Crippen LogP contribution >= 0.6 is 11.8 Å². The van der Waals surface area contributed by atoms with Crippen molar-refractivity contribution in [2.45, 2.75) is 18.7 Å². The molecule has 0 aliphatic heterocycles. The van der Waals surface area contributed by atoms with Crippen LogP contribution in [0, 0.1) is 17.0 Å². The summed E-state index contributed by atoms with van der Waals surface area (Å²) in [5.74, 6) is 2.11. The van der Waals surface area contributed by atoms with Gasteiger partial charge in [0.2, 0.25) is 0 Å². The van der Waals surface area contributed by atoms with Crippen LogP contribution in [0.25, 0.3) is 0 Å². The van der Waals surface area contributed by atoms with Crippen molar-refractivity contribution in [2.75, 3.05) is 17.7 Å². The third-order valence-corrected chi connectivity index (χ3v) is 4.43. The number of benzene rings is 1. The molecule has 0 bridgehead atoms. The number of hydrogen-bond donors (Lipinski definition) is 2. The standard InChI is InChI=1S/C16H19N3O3S/c1-12-15(19(21)22)7-8-16(17-12)18-14(9-20)11-23-10-13-5-3-2-4-6-13/h2-8,14,20H,9-11H2,1H3,(H,17,18). The van der Waals surface area contributed by atoms with Gasteiger partial charge in [0.1, 0.15) is 11.5 Å². The fourth-order valence-electron chi connectivity index (χ4n) is 2.07. The van der Waals surface area contributed by atoms with Crippen LogP contribution in [0.1, 0.15) is 11.3 Å². The fourth-order valence-corrected chi connectivity index (χ4v) is 3.09. The number of thioether (sulfide) groups is 1. The van der Waals surface area contributed by atoms with Crippen molar-refractivity contribution in [2.24, 2.45) is 0 Å². The number of pyridine rings is 1. The van der Waals surface area contributed by atoms with E-state index in [1.165, 1.54) is 11.6 Å². The highest BCUT2D eigenvalue weighted by atomic mass is 32.2. The Morgan fingerprint density at radius 3 is 2.65 bits per heavy atom. The van der Waals surface area contributed by atoms with E-state index in [2.05, 4.69) is 22.4 Å². The van der Waals surface area contributed by atoms with E-state index in [1.54, 1.807) is 24.8 Å². The number of aryl methyl sites for hydroxylation is 1. The number of nitrogens with one attached hydrogen (secondary N) is 1. The van der Waals surface area contributed by atoms with Crippen molar-refractivity contribution in [3.8, 4) is 0 Å². The number of anilines is 1. The van der Waals surface area contributed by atoms with E-state index in [-0.39, 0.29) is 18.3 Å². The zero-order valence-electron chi connectivity index (χ0n) is 12.8. The first-order chi connectivity index (χ1) is 11.1. The van der Waals surface area contributed by atoms with E-state index in [1.807, 2.05) is 18.2 Å². The van der Waals surface area contributed by atoms with Gasteiger partial charge in [-0.1, -0.05) is 30.3 Å². The van der Waals surface area contributed by atoms with Crippen LogP contribution < -0.4 is 5.32 Å². The maximum Gasteiger partial charge on any atom is 0.290 e. The van der Waals surface area contributed by atoms with Crippen molar-refractivity contribution >= 4 is 23.3 Å². The van der Waals surface area contributed by atoms with Gasteiger partial charge in [-0.2, -0.15) is 11.8 Å². The lowest BCUT2D eigenvalue weighted by Gasteiger charge is -2.16. The average molecular weight is 333 g/mol. The minimum atomic E-state index is -0.453. The largest absolute Gasteiger partial charge is 0.394 e. The lowest BCUT2D eigenvalue weighted by Crippen LogP contribution is -2.27. The van der Waals surface area contributed by atoms with E-state index in [0.717, 1.165) is 5.75 Å². The Hall–Kier alpha value is -2.12. The molecule has 1 aromatic heterocycles. The van der Waals surface area contributed by atoms with Crippen molar-refractivity contribution < 1.29 is 10.0 Å². The lowest BCUT2D eigenvalue weighted by molar-refractivity contribution is -0.385. The molecule has 7 heteroatoms. The predicted molar refractivity (Wildman–Crippen MR) is 92.7 cm³/mol. The smallest absolute Gasteiger partial charge is 0.290 e. The van der Waals surface area contributed by atoms with E-state index in [9.17, 15) is 15.2 Å². The van der Waals surface area contributed by atoms with E-state index >= 15 is 0 Å². The molecule has 122 valence electrons. The Kier molecular flexibility index (Phi) is 6.37. The molecular weight excluding hydrogens is 314 g/mol. The average Bonchev–Trinajstić information content (AvgIpc) is 2.54. The molecule has 0 amide bonds. The highest BCUT2D eigenvalue weighted by Crippen LogP contribution is 2.19. The van der Waals surface area contributed by atoms with Crippen LogP contribution in [0.3, 0.4) is 0 Å². The number of aromatic nitrogens is 1. The molecular formula is C16H19N3O3S. The van der Waals surface area contributed by atoms with Crippen LogP contribution in [-0.4, -0.2) is 33.4 Å². The van der Waals surface area contributed by atoms with E-state index < -0.39 is 4.92 Å². The second-order valence-corrected chi connectivity index (χ2v) is 6.11.